The number of likely N-dealkylation sites (tertiary alicyclic amines) is 1. The van der Waals surface area contributed by atoms with Crippen molar-refractivity contribution >= 4 is 21.6 Å². The molecule has 1 fully saturated rings. The molecule has 0 unspecified atom stereocenters. The standard InChI is InChI=1S/C27H30N2O5S/c1-19-11-12-20(2)26(17-19)34-22-13-15-29(16-14-22)27(30)21-7-6-8-23(18-21)35(31,32)28-24-9-4-5-10-25(24)33-3/h4-12,17-18,22,28H,13-16H2,1-3H3. The number of hydrogen-bond acceptors (Lipinski definition) is 5. The molecule has 8 heteroatoms. The number of aryl methyl sites for hydroxylation is 2. The average molecular weight is 495 g/mol. The molecule has 0 saturated carbocycles. The van der Waals surface area contributed by atoms with E-state index >= 15 is 0 Å². The maximum atomic E-state index is 13.2. The third-order valence-electron chi connectivity index (χ3n) is 6.11. The highest BCUT2D eigenvalue weighted by molar-refractivity contribution is 7.92. The average Bonchev–Trinajstić information content (AvgIpc) is 2.86. The van der Waals surface area contributed by atoms with Gasteiger partial charge in [0.2, 0.25) is 0 Å². The molecule has 3 aromatic carbocycles. The fraction of sp³-hybridized carbons (Fsp3) is 0.296. The van der Waals surface area contributed by atoms with Crippen molar-refractivity contribution in [2.75, 3.05) is 24.9 Å². The van der Waals surface area contributed by atoms with Gasteiger partial charge in [0, 0.05) is 31.5 Å². The lowest BCUT2D eigenvalue weighted by molar-refractivity contribution is 0.0594. The molecule has 1 amide bonds. The lowest BCUT2D eigenvalue weighted by Crippen LogP contribution is -2.41. The van der Waals surface area contributed by atoms with Crippen LogP contribution in [0.2, 0.25) is 0 Å². The monoisotopic (exact) mass is 494 g/mol. The second-order valence-electron chi connectivity index (χ2n) is 8.71. The molecule has 0 aliphatic carbocycles. The van der Waals surface area contributed by atoms with Crippen LogP contribution in [0.25, 0.3) is 0 Å². The van der Waals surface area contributed by atoms with Crippen LogP contribution in [0.5, 0.6) is 11.5 Å². The van der Waals surface area contributed by atoms with Gasteiger partial charge in [-0.2, -0.15) is 0 Å². The highest BCUT2D eigenvalue weighted by atomic mass is 32.2. The van der Waals surface area contributed by atoms with Crippen molar-refractivity contribution in [3.8, 4) is 11.5 Å². The van der Waals surface area contributed by atoms with Crippen LogP contribution in [-0.2, 0) is 10.0 Å². The van der Waals surface area contributed by atoms with Gasteiger partial charge in [-0.05, 0) is 61.4 Å². The van der Waals surface area contributed by atoms with E-state index in [2.05, 4.69) is 10.8 Å². The van der Waals surface area contributed by atoms with Crippen LogP contribution in [0.1, 0.15) is 34.3 Å². The largest absolute Gasteiger partial charge is 0.495 e. The molecule has 1 aliphatic rings. The van der Waals surface area contributed by atoms with E-state index in [4.69, 9.17) is 9.47 Å². The van der Waals surface area contributed by atoms with Gasteiger partial charge in [0.1, 0.15) is 17.6 Å². The summed E-state index contributed by atoms with van der Waals surface area (Å²) in [6.07, 6.45) is 1.47. The number of nitrogens with zero attached hydrogens (tertiary/aromatic N) is 1. The Hall–Kier alpha value is -3.52. The van der Waals surface area contributed by atoms with Crippen molar-refractivity contribution in [2.24, 2.45) is 0 Å². The molecule has 35 heavy (non-hydrogen) atoms. The molecule has 7 nitrogen and oxygen atoms in total. The zero-order valence-electron chi connectivity index (χ0n) is 20.2. The van der Waals surface area contributed by atoms with Crippen LogP contribution in [-0.4, -0.2) is 45.5 Å². The number of benzene rings is 3. The lowest BCUT2D eigenvalue weighted by atomic mass is 10.1. The summed E-state index contributed by atoms with van der Waals surface area (Å²) < 4.78 is 39.9. The van der Waals surface area contributed by atoms with E-state index in [0.717, 1.165) is 16.9 Å². The maximum Gasteiger partial charge on any atom is 0.262 e. The van der Waals surface area contributed by atoms with Crippen LogP contribution >= 0.6 is 0 Å². The predicted octanol–water partition coefficient (Wildman–Crippen LogP) is 4.80. The minimum absolute atomic E-state index is 0.0161. The van der Waals surface area contributed by atoms with Gasteiger partial charge >= 0.3 is 0 Å². The summed E-state index contributed by atoms with van der Waals surface area (Å²) in [6, 6.07) is 19.0. The first kappa shape index (κ1) is 24.6. The first-order valence-electron chi connectivity index (χ1n) is 11.6. The second-order valence-corrected chi connectivity index (χ2v) is 10.4. The van der Waals surface area contributed by atoms with Crippen molar-refractivity contribution < 1.29 is 22.7 Å². The number of piperidine rings is 1. The van der Waals surface area contributed by atoms with Gasteiger partial charge in [-0.3, -0.25) is 9.52 Å². The van der Waals surface area contributed by atoms with Crippen molar-refractivity contribution in [1.29, 1.82) is 0 Å². The van der Waals surface area contributed by atoms with Gasteiger partial charge in [0.15, 0.2) is 0 Å². The molecular weight excluding hydrogens is 464 g/mol. The highest BCUT2D eigenvalue weighted by Crippen LogP contribution is 2.27. The number of anilines is 1. The fourth-order valence-corrected chi connectivity index (χ4v) is 5.22. The number of para-hydroxylation sites is 2. The summed E-state index contributed by atoms with van der Waals surface area (Å²) in [5.74, 6) is 1.11. The number of methoxy groups -OCH3 is 1. The summed E-state index contributed by atoms with van der Waals surface area (Å²) in [7, 11) is -2.43. The van der Waals surface area contributed by atoms with Crippen LogP contribution < -0.4 is 14.2 Å². The molecule has 184 valence electrons. The van der Waals surface area contributed by atoms with E-state index in [1.54, 1.807) is 41.3 Å². The van der Waals surface area contributed by atoms with Gasteiger partial charge in [-0.15, -0.1) is 0 Å². The van der Waals surface area contributed by atoms with Crippen LogP contribution in [0.15, 0.2) is 71.6 Å². The molecule has 1 N–H and O–H groups in total. The number of carbonyl (C=O) groups is 1. The Bertz CT molecular complexity index is 1310. The molecule has 4 rings (SSSR count). The van der Waals surface area contributed by atoms with Gasteiger partial charge in [-0.25, -0.2) is 8.42 Å². The maximum absolute atomic E-state index is 13.2. The Morgan fingerprint density at radius 1 is 0.943 bits per heavy atom. The minimum atomic E-state index is -3.90. The lowest BCUT2D eigenvalue weighted by Gasteiger charge is -2.32. The fourth-order valence-electron chi connectivity index (χ4n) is 4.10. The van der Waals surface area contributed by atoms with Crippen molar-refractivity contribution in [3.63, 3.8) is 0 Å². The first-order chi connectivity index (χ1) is 16.8. The molecule has 0 aromatic heterocycles. The Morgan fingerprint density at radius 2 is 1.69 bits per heavy atom. The Balaban J connectivity index is 1.42. The highest BCUT2D eigenvalue weighted by Gasteiger charge is 2.26. The van der Waals surface area contributed by atoms with E-state index in [-0.39, 0.29) is 16.9 Å². The predicted molar refractivity (Wildman–Crippen MR) is 136 cm³/mol. The van der Waals surface area contributed by atoms with Gasteiger partial charge < -0.3 is 14.4 Å². The minimum Gasteiger partial charge on any atom is -0.495 e. The van der Waals surface area contributed by atoms with Crippen molar-refractivity contribution in [3.05, 3.63) is 83.4 Å². The third-order valence-corrected chi connectivity index (χ3v) is 7.47. The molecular formula is C27H30N2O5S. The summed E-state index contributed by atoms with van der Waals surface area (Å²) in [6.45, 7) is 5.15. The number of nitrogens with one attached hydrogen (secondary N) is 1. The molecule has 1 aliphatic heterocycles. The third kappa shape index (κ3) is 5.77. The Labute approximate surface area is 206 Å². The van der Waals surface area contributed by atoms with Crippen LogP contribution in [0.4, 0.5) is 5.69 Å². The van der Waals surface area contributed by atoms with E-state index in [1.807, 2.05) is 26.0 Å². The van der Waals surface area contributed by atoms with Gasteiger partial charge in [0.25, 0.3) is 15.9 Å². The van der Waals surface area contributed by atoms with Crippen molar-refractivity contribution in [2.45, 2.75) is 37.7 Å². The van der Waals surface area contributed by atoms with Crippen LogP contribution in [0.3, 0.4) is 0 Å². The summed E-state index contributed by atoms with van der Waals surface area (Å²) in [5.41, 5.74) is 2.90. The quantitative estimate of drug-likeness (QED) is 0.510. The van der Waals surface area contributed by atoms with E-state index in [0.29, 0.717) is 42.9 Å². The Morgan fingerprint density at radius 3 is 2.43 bits per heavy atom. The second kappa shape index (κ2) is 10.4. The number of sulfonamides is 1. The van der Waals surface area contributed by atoms with Gasteiger partial charge in [0.05, 0.1) is 17.7 Å². The number of hydrogen-bond donors (Lipinski definition) is 1. The normalized spacial score (nSPS) is 14.4. The molecule has 1 saturated heterocycles. The number of rotatable bonds is 7. The zero-order chi connectivity index (χ0) is 25.0. The van der Waals surface area contributed by atoms with E-state index in [1.165, 1.54) is 19.2 Å². The first-order valence-corrected chi connectivity index (χ1v) is 13.0. The molecule has 0 spiro atoms. The topological polar surface area (TPSA) is 84.9 Å². The molecule has 0 atom stereocenters. The van der Waals surface area contributed by atoms with Gasteiger partial charge in [-0.1, -0.05) is 30.3 Å². The zero-order valence-corrected chi connectivity index (χ0v) is 21.0. The molecule has 1 heterocycles. The van der Waals surface area contributed by atoms with Crippen LogP contribution in [0, 0.1) is 13.8 Å². The summed E-state index contributed by atoms with van der Waals surface area (Å²) >= 11 is 0. The van der Waals surface area contributed by atoms with E-state index < -0.39 is 10.0 Å². The molecule has 0 bridgehead atoms. The Kier molecular flexibility index (Phi) is 7.31. The molecule has 3 aromatic rings. The molecule has 0 radical (unpaired) electrons. The summed E-state index contributed by atoms with van der Waals surface area (Å²) in [4.78, 5) is 14.9. The SMILES string of the molecule is COc1ccccc1NS(=O)(=O)c1cccc(C(=O)N2CCC(Oc3cc(C)ccc3C)CC2)c1. The van der Waals surface area contributed by atoms with Crippen molar-refractivity contribution in [1.82, 2.24) is 4.90 Å². The number of carbonyl (C=O) groups excluding carboxylic acids is 1. The summed E-state index contributed by atoms with van der Waals surface area (Å²) in [5, 5.41) is 0. The number of amides is 1. The number of ether oxygens (including phenoxy) is 2. The smallest absolute Gasteiger partial charge is 0.262 e. The van der Waals surface area contributed by atoms with E-state index in [9.17, 15) is 13.2 Å².